The highest BCUT2D eigenvalue weighted by Gasteiger charge is 2.75. The van der Waals surface area contributed by atoms with Crippen molar-refractivity contribution >= 4 is 17.8 Å². The van der Waals surface area contributed by atoms with Gasteiger partial charge in [-0.25, -0.2) is 0 Å². The molecule has 2 fully saturated rings. The van der Waals surface area contributed by atoms with Crippen molar-refractivity contribution in [3.8, 4) is 0 Å². The number of amides is 2. The highest BCUT2D eigenvalue weighted by molar-refractivity contribution is 5.99. The van der Waals surface area contributed by atoms with Crippen LogP contribution in [0.2, 0.25) is 0 Å². The molecular formula is C30H38N2O6. The first-order valence-electron chi connectivity index (χ1n) is 13.8. The summed E-state index contributed by atoms with van der Waals surface area (Å²) >= 11 is 0. The predicted octanol–water partition coefficient (Wildman–Crippen LogP) is 2.65. The second kappa shape index (κ2) is 10.7. The Morgan fingerprint density at radius 1 is 1.08 bits per heavy atom. The van der Waals surface area contributed by atoms with Crippen molar-refractivity contribution in [1.82, 2.24) is 9.80 Å². The summed E-state index contributed by atoms with van der Waals surface area (Å²) in [4.78, 5) is 45.5. The van der Waals surface area contributed by atoms with E-state index in [1.165, 1.54) is 4.90 Å². The number of ether oxygens (including phenoxy) is 2. The zero-order valence-corrected chi connectivity index (χ0v) is 22.3. The molecule has 8 nitrogen and oxygen atoms in total. The van der Waals surface area contributed by atoms with Gasteiger partial charge in [-0.15, -0.1) is 0 Å². The minimum atomic E-state index is -1.35. The number of unbranched alkanes of at least 4 members (excludes halogenated alkanes) is 1. The molecule has 4 heterocycles. The molecule has 204 valence electrons. The molecule has 4 aliphatic heterocycles. The smallest absolute Gasteiger partial charge is 0.313 e. The van der Waals surface area contributed by atoms with Gasteiger partial charge in [-0.05, 0) is 38.2 Å². The maximum Gasteiger partial charge on any atom is 0.313 e. The first-order valence-corrected chi connectivity index (χ1v) is 13.8. The number of hydrogen-bond acceptors (Lipinski definition) is 6. The highest BCUT2D eigenvalue weighted by Crippen LogP contribution is 2.57. The number of esters is 1. The molecule has 1 unspecified atom stereocenters. The third-order valence-electron chi connectivity index (χ3n) is 8.47. The minimum absolute atomic E-state index is 0.210. The topological polar surface area (TPSA) is 96.4 Å². The van der Waals surface area contributed by atoms with Crippen LogP contribution >= 0.6 is 0 Å². The number of hydrogen-bond donors (Lipinski definition) is 1. The fourth-order valence-corrected chi connectivity index (χ4v) is 6.70. The number of carbonyl (C=O) groups excluding carboxylic acids is 3. The second-order valence-electron chi connectivity index (χ2n) is 11.0. The van der Waals surface area contributed by atoms with Crippen LogP contribution < -0.4 is 0 Å². The van der Waals surface area contributed by atoms with Crippen LogP contribution in [0.4, 0.5) is 0 Å². The third-order valence-corrected chi connectivity index (χ3v) is 8.47. The number of rotatable bonds is 7. The molecule has 5 rings (SSSR count). The molecular weight excluding hydrogens is 484 g/mol. The summed E-state index contributed by atoms with van der Waals surface area (Å²) in [5.74, 6) is -2.89. The van der Waals surface area contributed by atoms with Crippen LogP contribution in [0.25, 0.3) is 0 Å². The number of likely N-dealkylation sites (tertiary alicyclic amines) is 1. The van der Waals surface area contributed by atoms with Gasteiger partial charge in [0.05, 0.1) is 30.8 Å². The van der Waals surface area contributed by atoms with Crippen LogP contribution in [-0.4, -0.2) is 82.3 Å². The van der Waals surface area contributed by atoms with E-state index in [1.54, 1.807) is 4.90 Å². The molecule has 0 aliphatic carbocycles. The van der Waals surface area contributed by atoms with Crippen LogP contribution in [0, 0.1) is 11.8 Å². The molecule has 1 spiro atoms. The zero-order chi connectivity index (χ0) is 26.9. The normalized spacial score (nSPS) is 34.4. The first-order chi connectivity index (χ1) is 18.4. The van der Waals surface area contributed by atoms with Gasteiger partial charge in [0.25, 0.3) is 0 Å². The summed E-state index contributed by atoms with van der Waals surface area (Å²) in [7, 11) is 0. The molecule has 6 atom stereocenters. The molecule has 2 amide bonds. The minimum Gasteiger partial charge on any atom is -0.465 e. The van der Waals surface area contributed by atoms with Gasteiger partial charge in [0.2, 0.25) is 11.8 Å². The van der Waals surface area contributed by atoms with Crippen LogP contribution in [0.15, 0.2) is 54.6 Å². The number of aliphatic hydroxyl groups excluding tert-OH is 1. The standard InChI is InChI=1S/C30H38N2O6/c1-3-4-16-31-17-11-15-30-23(24-28(36)37-18-10-6-9-14-29(24,2)38-30)26(34)32(25(30)27(31)35)22(20-33)19-21-12-7-5-8-13-21/h5,7-9,11-15,22-25,33H,3-4,6,10,16-20H2,1-2H3/b14-9-/t22-,23+,24+,25?,29-,30+/m1/s1. The van der Waals surface area contributed by atoms with Crippen molar-refractivity contribution in [3.05, 3.63) is 60.2 Å². The molecule has 2 saturated heterocycles. The average Bonchev–Trinajstić information content (AvgIpc) is 3.27. The third kappa shape index (κ3) is 4.37. The van der Waals surface area contributed by atoms with E-state index in [-0.39, 0.29) is 25.0 Å². The molecule has 8 heteroatoms. The van der Waals surface area contributed by atoms with Gasteiger partial charge < -0.3 is 24.4 Å². The number of aliphatic hydroxyl groups is 1. The molecule has 1 aromatic carbocycles. The maximum absolute atomic E-state index is 14.4. The number of cyclic esters (lactones) is 1. The van der Waals surface area contributed by atoms with E-state index in [0.717, 1.165) is 24.8 Å². The van der Waals surface area contributed by atoms with Crippen molar-refractivity contribution in [2.75, 3.05) is 26.3 Å². The second-order valence-corrected chi connectivity index (χ2v) is 11.0. The summed E-state index contributed by atoms with van der Waals surface area (Å²) in [5.41, 5.74) is -1.51. The van der Waals surface area contributed by atoms with Crippen molar-refractivity contribution in [2.45, 2.75) is 69.2 Å². The lowest BCUT2D eigenvalue weighted by atomic mass is 9.74. The summed E-state index contributed by atoms with van der Waals surface area (Å²) in [5, 5.41) is 10.6. The van der Waals surface area contributed by atoms with Crippen molar-refractivity contribution in [3.63, 3.8) is 0 Å². The van der Waals surface area contributed by atoms with E-state index in [4.69, 9.17) is 9.47 Å². The largest absolute Gasteiger partial charge is 0.465 e. The number of benzene rings is 1. The lowest BCUT2D eigenvalue weighted by Crippen LogP contribution is -2.59. The Hall–Kier alpha value is -2.97. The zero-order valence-electron chi connectivity index (χ0n) is 22.3. The summed E-state index contributed by atoms with van der Waals surface area (Å²) in [6, 6.07) is 7.96. The fourth-order valence-electron chi connectivity index (χ4n) is 6.70. The van der Waals surface area contributed by atoms with E-state index in [0.29, 0.717) is 25.9 Å². The lowest BCUT2D eigenvalue weighted by molar-refractivity contribution is -0.161. The van der Waals surface area contributed by atoms with Crippen LogP contribution in [0.3, 0.4) is 0 Å². The van der Waals surface area contributed by atoms with Gasteiger partial charge in [0, 0.05) is 13.1 Å². The summed E-state index contributed by atoms with van der Waals surface area (Å²) in [6.07, 6.45) is 11.1. The molecule has 1 N–H and O–H groups in total. The predicted molar refractivity (Wildman–Crippen MR) is 141 cm³/mol. The Bertz CT molecular complexity index is 1120. The molecule has 0 saturated carbocycles. The Balaban J connectivity index is 1.63. The van der Waals surface area contributed by atoms with Gasteiger partial charge in [-0.2, -0.15) is 0 Å². The van der Waals surface area contributed by atoms with E-state index in [9.17, 15) is 19.5 Å². The molecule has 1 aromatic rings. The highest BCUT2D eigenvalue weighted by atomic mass is 16.6. The Morgan fingerprint density at radius 3 is 2.61 bits per heavy atom. The summed E-state index contributed by atoms with van der Waals surface area (Å²) in [6.45, 7) is 4.79. The Labute approximate surface area is 224 Å². The first kappa shape index (κ1) is 26.6. The van der Waals surface area contributed by atoms with Crippen LogP contribution in [0.1, 0.15) is 45.1 Å². The molecule has 0 aromatic heterocycles. The number of fused-ring (bicyclic) bond motifs is 2. The number of allylic oxidation sites excluding steroid dienone is 1. The van der Waals surface area contributed by atoms with Gasteiger partial charge >= 0.3 is 5.97 Å². The van der Waals surface area contributed by atoms with E-state index < -0.39 is 41.1 Å². The van der Waals surface area contributed by atoms with Gasteiger partial charge in [0.1, 0.15) is 17.6 Å². The van der Waals surface area contributed by atoms with E-state index in [1.807, 2.05) is 61.6 Å². The van der Waals surface area contributed by atoms with E-state index >= 15 is 0 Å². The molecule has 38 heavy (non-hydrogen) atoms. The molecule has 0 bridgehead atoms. The van der Waals surface area contributed by atoms with Crippen LogP contribution in [-0.2, 0) is 30.3 Å². The number of nitrogens with zero attached hydrogens (tertiary/aromatic N) is 2. The van der Waals surface area contributed by atoms with E-state index in [2.05, 4.69) is 6.92 Å². The Morgan fingerprint density at radius 2 is 1.87 bits per heavy atom. The molecule has 4 aliphatic rings. The van der Waals surface area contributed by atoms with Crippen molar-refractivity contribution in [1.29, 1.82) is 0 Å². The SMILES string of the molecule is CCCCN1CC=C[C@]23O[C@]4(C)/C=C\CCCOC(=O)[C@@H]4[C@H]2C(=O)N([C@@H](CO)Cc2ccccc2)C3C1=O. The van der Waals surface area contributed by atoms with Gasteiger partial charge in [0.15, 0.2) is 0 Å². The van der Waals surface area contributed by atoms with Gasteiger partial charge in [-0.1, -0.05) is 68.0 Å². The average molecular weight is 523 g/mol. The maximum atomic E-state index is 14.4. The fraction of sp³-hybridized carbons (Fsp3) is 0.567. The van der Waals surface area contributed by atoms with Gasteiger partial charge in [-0.3, -0.25) is 14.4 Å². The lowest BCUT2D eigenvalue weighted by Gasteiger charge is -2.40. The summed E-state index contributed by atoms with van der Waals surface area (Å²) < 4.78 is 12.4. The molecule has 0 radical (unpaired) electrons. The van der Waals surface area contributed by atoms with Crippen molar-refractivity contribution in [2.24, 2.45) is 11.8 Å². The van der Waals surface area contributed by atoms with Crippen molar-refractivity contribution < 1.29 is 29.0 Å². The number of carbonyl (C=O) groups is 3. The quantitative estimate of drug-likeness (QED) is 0.437. The Kier molecular flexibility index (Phi) is 7.47. The van der Waals surface area contributed by atoms with Crippen LogP contribution in [0.5, 0.6) is 0 Å². The monoisotopic (exact) mass is 522 g/mol.